The Morgan fingerprint density at radius 3 is 2.47 bits per heavy atom. The average molecular weight is 263 g/mol. The average Bonchev–Trinajstić information content (AvgIpc) is 2.46. The molecular formula is C14H11F2NO2. The second-order valence-corrected chi connectivity index (χ2v) is 3.79. The van der Waals surface area contributed by atoms with Gasteiger partial charge in [-0.15, -0.1) is 0 Å². The van der Waals surface area contributed by atoms with E-state index in [4.69, 9.17) is 4.74 Å². The minimum absolute atomic E-state index is 0.00917. The van der Waals surface area contributed by atoms with Crippen LogP contribution in [0.1, 0.15) is 27.9 Å². The third kappa shape index (κ3) is 2.59. The molecule has 3 nitrogen and oxygen atoms in total. The minimum atomic E-state index is -2.78. The van der Waals surface area contributed by atoms with Gasteiger partial charge >= 0.3 is 0 Å². The van der Waals surface area contributed by atoms with Crippen molar-refractivity contribution >= 4 is 5.78 Å². The summed E-state index contributed by atoms with van der Waals surface area (Å²) in [6.07, 6.45) is 0.0993. The smallest absolute Gasteiger partial charge is 0.268 e. The third-order valence-electron chi connectivity index (χ3n) is 2.69. The lowest BCUT2D eigenvalue weighted by atomic mass is 9.98. The van der Waals surface area contributed by atoms with Gasteiger partial charge in [-0.1, -0.05) is 12.1 Å². The molecule has 0 aliphatic carbocycles. The first kappa shape index (κ1) is 13.1. The number of hydrogen-bond acceptors (Lipinski definition) is 3. The van der Waals surface area contributed by atoms with E-state index in [0.29, 0.717) is 5.56 Å². The Labute approximate surface area is 108 Å². The first-order valence-corrected chi connectivity index (χ1v) is 5.55. The lowest BCUT2D eigenvalue weighted by molar-refractivity contribution is 0.102. The number of halogens is 2. The van der Waals surface area contributed by atoms with E-state index in [9.17, 15) is 13.6 Å². The molecule has 0 N–H and O–H groups in total. The fourth-order valence-corrected chi connectivity index (χ4v) is 1.80. The molecule has 0 aliphatic heterocycles. The first-order chi connectivity index (χ1) is 9.15. The maximum atomic E-state index is 13.1. The van der Waals surface area contributed by atoms with Gasteiger partial charge in [0, 0.05) is 23.5 Å². The highest BCUT2D eigenvalue weighted by molar-refractivity contribution is 6.10. The molecule has 98 valence electrons. The number of ketones is 1. The van der Waals surface area contributed by atoms with E-state index in [1.807, 2.05) is 0 Å². The number of hydrogen-bond donors (Lipinski definition) is 0. The molecule has 1 heterocycles. The van der Waals surface area contributed by atoms with Crippen LogP contribution in [0.25, 0.3) is 0 Å². The Balaban J connectivity index is 2.54. The van der Waals surface area contributed by atoms with Crippen molar-refractivity contribution in [3.8, 4) is 5.75 Å². The van der Waals surface area contributed by atoms with E-state index in [1.54, 1.807) is 0 Å². The number of nitrogens with zero attached hydrogens (tertiary/aromatic N) is 1. The molecule has 0 bridgehead atoms. The summed E-state index contributed by atoms with van der Waals surface area (Å²) in [5.41, 5.74) is -0.127. The number of carbonyl (C=O) groups is 1. The van der Waals surface area contributed by atoms with Crippen LogP contribution in [0, 0.1) is 0 Å². The molecule has 0 radical (unpaired) electrons. The van der Waals surface area contributed by atoms with Gasteiger partial charge in [0.1, 0.15) is 5.75 Å². The summed E-state index contributed by atoms with van der Waals surface area (Å²) in [7, 11) is 1.29. The van der Waals surface area contributed by atoms with Crippen LogP contribution in [0.3, 0.4) is 0 Å². The second-order valence-electron chi connectivity index (χ2n) is 3.79. The van der Waals surface area contributed by atoms with E-state index >= 15 is 0 Å². The molecule has 2 aromatic rings. The molecule has 0 atom stereocenters. The molecule has 1 aromatic carbocycles. The summed E-state index contributed by atoms with van der Waals surface area (Å²) in [4.78, 5) is 16.0. The number of methoxy groups -OCH3 is 1. The van der Waals surface area contributed by atoms with Crippen molar-refractivity contribution in [1.29, 1.82) is 0 Å². The van der Waals surface area contributed by atoms with Gasteiger partial charge in [0.15, 0.2) is 5.78 Å². The number of benzene rings is 1. The van der Waals surface area contributed by atoms with Crippen LogP contribution in [-0.4, -0.2) is 17.9 Å². The zero-order chi connectivity index (χ0) is 13.8. The van der Waals surface area contributed by atoms with E-state index in [-0.39, 0.29) is 16.9 Å². The van der Waals surface area contributed by atoms with Crippen LogP contribution in [0.15, 0.2) is 42.7 Å². The third-order valence-corrected chi connectivity index (χ3v) is 2.69. The van der Waals surface area contributed by atoms with E-state index in [1.165, 1.54) is 49.8 Å². The van der Waals surface area contributed by atoms with Crippen molar-refractivity contribution in [2.24, 2.45) is 0 Å². The van der Waals surface area contributed by atoms with Gasteiger partial charge in [-0.25, -0.2) is 8.78 Å². The van der Waals surface area contributed by atoms with Crippen molar-refractivity contribution in [1.82, 2.24) is 4.98 Å². The number of rotatable bonds is 4. The summed E-state index contributed by atoms with van der Waals surface area (Å²) >= 11 is 0. The molecule has 0 amide bonds. The van der Waals surface area contributed by atoms with Crippen LogP contribution < -0.4 is 4.74 Å². The van der Waals surface area contributed by atoms with E-state index in [2.05, 4.69) is 4.98 Å². The zero-order valence-electron chi connectivity index (χ0n) is 10.1. The molecule has 1 aromatic heterocycles. The second kappa shape index (κ2) is 5.56. The molecule has 19 heavy (non-hydrogen) atoms. The predicted octanol–water partition coefficient (Wildman–Crippen LogP) is 3.26. The molecule has 0 fully saturated rings. The van der Waals surface area contributed by atoms with Gasteiger partial charge in [-0.3, -0.25) is 9.78 Å². The Hall–Kier alpha value is -2.30. The molecule has 5 heteroatoms. The van der Waals surface area contributed by atoms with Crippen molar-refractivity contribution in [3.63, 3.8) is 0 Å². The Morgan fingerprint density at radius 1 is 1.21 bits per heavy atom. The zero-order valence-corrected chi connectivity index (χ0v) is 10.1. The maximum Gasteiger partial charge on any atom is 0.268 e. The fraction of sp³-hybridized carbons (Fsp3) is 0.143. The normalized spacial score (nSPS) is 10.5. The molecular weight excluding hydrogens is 252 g/mol. The highest BCUT2D eigenvalue weighted by atomic mass is 19.3. The quantitative estimate of drug-likeness (QED) is 0.795. The van der Waals surface area contributed by atoms with Crippen LogP contribution in [-0.2, 0) is 0 Å². The molecule has 0 saturated carbocycles. The van der Waals surface area contributed by atoms with Crippen molar-refractivity contribution in [2.75, 3.05) is 7.11 Å². The van der Waals surface area contributed by atoms with Crippen molar-refractivity contribution in [2.45, 2.75) is 6.43 Å². The van der Waals surface area contributed by atoms with E-state index in [0.717, 1.165) is 0 Å². The number of pyridine rings is 1. The highest BCUT2D eigenvalue weighted by Gasteiger charge is 2.23. The van der Waals surface area contributed by atoms with Crippen molar-refractivity contribution < 1.29 is 18.3 Å². The van der Waals surface area contributed by atoms with Crippen LogP contribution in [0.5, 0.6) is 5.75 Å². The van der Waals surface area contributed by atoms with Gasteiger partial charge in [0.25, 0.3) is 6.43 Å². The standard InChI is InChI=1S/C14H11F2NO2/c1-19-11-4-2-3-10(12(11)14(15)16)13(18)9-5-7-17-8-6-9/h2-8,14H,1H3. The summed E-state index contributed by atoms with van der Waals surface area (Å²) in [6.45, 7) is 0. The van der Waals surface area contributed by atoms with Gasteiger partial charge in [0.2, 0.25) is 0 Å². The lowest BCUT2D eigenvalue weighted by Gasteiger charge is -2.12. The topological polar surface area (TPSA) is 39.2 Å². The number of carbonyl (C=O) groups excluding carboxylic acids is 1. The lowest BCUT2D eigenvalue weighted by Crippen LogP contribution is -2.07. The van der Waals surface area contributed by atoms with Gasteiger partial charge in [0.05, 0.1) is 12.7 Å². The summed E-state index contributed by atoms with van der Waals surface area (Å²) in [6, 6.07) is 7.25. The largest absolute Gasteiger partial charge is 0.496 e. The first-order valence-electron chi connectivity index (χ1n) is 5.55. The molecule has 0 saturated heterocycles. The fourth-order valence-electron chi connectivity index (χ4n) is 1.80. The molecule has 0 unspecified atom stereocenters. The summed E-state index contributed by atoms with van der Waals surface area (Å²) in [5.74, 6) is -0.466. The highest BCUT2D eigenvalue weighted by Crippen LogP contribution is 2.33. The number of ether oxygens (including phenoxy) is 1. The monoisotopic (exact) mass is 263 g/mol. The molecule has 0 spiro atoms. The minimum Gasteiger partial charge on any atom is -0.496 e. The van der Waals surface area contributed by atoms with Crippen molar-refractivity contribution in [3.05, 3.63) is 59.4 Å². The Morgan fingerprint density at radius 2 is 1.89 bits per heavy atom. The van der Waals surface area contributed by atoms with Gasteiger partial charge < -0.3 is 4.74 Å². The van der Waals surface area contributed by atoms with Crippen LogP contribution >= 0.6 is 0 Å². The van der Waals surface area contributed by atoms with Gasteiger partial charge in [-0.05, 0) is 18.2 Å². The summed E-state index contributed by atoms with van der Waals surface area (Å²) < 4.78 is 31.1. The van der Waals surface area contributed by atoms with Crippen LogP contribution in [0.4, 0.5) is 8.78 Å². The number of aromatic nitrogens is 1. The molecule has 2 rings (SSSR count). The van der Waals surface area contributed by atoms with Crippen LogP contribution in [0.2, 0.25) is 0 Å². The Kier molecular flexibility index (Phi) is 3.85. The number of alkyl halides is 2. The predicted molar refractivity (Wildman–Crippen MR) is 65.6 cm³/mol. The Bertz CT molecular complexity index is 585. The SMILES string of the molecule is COc1cccc(C(=O)c2ccncc2)c1C(F)F. The summed E-state index contributed by atoms with van der Waals surface area (Å²) in [5, 5.41) is 0. The maximum absolute atomic E-state index is 13.1. The molecule has 0 aliphatic rings. The van der Waals surface area contributed by atoms with Gasteiger partial charge in [-0.2, -0.15) is 0 Å². The van der Waals surface area contributed by atoms with E-state index < -0.39 is 12.2 Å².